The number of rotatable bonds is 7. The monoisotopic (exact) mass is 464 g/mol. The first-order valence-electron chi connectivity index (χ1n) is 9.00. The summed E-state index contributed by atoms with van der Waals surface area (Å²) in [6, 6.07) is 13.5. The number of amides is 1. The number of carbonyl (C=O) groups excluding carboxylic acids is 1. The molecule has 1 aromatic heterocycles. The normalized spacial score (nSPS) is 11.2. The van der Waals surface area contributed by atoms with Crippen molar-refractivity contribution in [3.63, 3.8) is 0 Å². The van der Waals surface area contributed by atoms with Crippen LogP contribution in [0.25, 0.3) is 0 Å². The zero-order valence-corrected chi connectivity index (χ0v) is 19.1. The Bertz CT molecular complexity index is 1120. The smallest absolute Gasteiger partial charge is 0.273 e. The van der Waals surface area contributed by atoms with Crippen molar-refractivity contribution in [3.05, 3.63) is 70.1 Å². The molecule has 9 heteroatoms. The molecule has 0 saturated heterocycles. The third-order valence-corrected chi connectivity index (χ3v) is 7.83. The Morgan fingerprint density at radius 3 is 2.47 bits per heavy atom. The van der Waals surface area contributed by atoms with Gasteiger partial charge in [0.15, 0.2) is 6.61 Å². The number of carbonyl (C=O) groups is 1. The van der Waals surface area contributed by atoms with Crippen LogP contribution in [0.1, 0.15) is 11.1 Å². The standard InChI is InChI=1S/C21H21ClN2O4S2/c1-14-11-15(2)21(18(22)12-14)23-19(25)13-28-17-8-6-16(7-9-17)24(3)30(26,27)20-5-4-10-29-20/h4-12H,13H2,1-3H3,(H,23,25). The summed E-state index contributed by atoms with van der Waals surface area (Å²) >= 11 is 7.37. The summed E-state index contributed by atoms with van der Waals surface area (Å²) < 4.78 is 32.2. The lowest BCUT2D eigenvalue weighted by atomic mass is 10.1. The maximum Gasteiger partial charge on any atom is 0.273 e. The van der Waals surface area contributed by atoms with Gasteiger partial charge in [-0.3, -0.25) is 9.10 Å². The molecule has 1 amide bonds. The van der Waals surface area contributed by atoms with Crippen LogP contribution in [0.3, 0.4) is 0 Å². The van der Waals surface area contributed by atoms with Crippen LogP contribution in [0.5, 0.6) is 5.75 Å². The van der Waals surface area contributed by atoms with Crippen molar-refractivity contribution in [1.29, 1.82) is 0 Å². The van der Waals surface area contributed by atoms with Crippen LogP contribution in [-0.4, -0.2) is 28.0 Å². The lowest BCUT2D eigenvalue weighted by Crippen LogP contribution is -2.25. The van der Waals surface area contributed by atoms with E-state index in [-0.39, 0.29) is 16.7 Å². The first-order valence-corrected chi connectivity index (χ1v) is 11.7. The van der Waals surface area contributed by atoms with Gasteiger partial charge in [-0.1, -0.05) is 23.7 Å². The van der Waals surface area contributed by atoms with Crippen molar-refractivity contribution in [2.45, 2.75) is 18.1 Å². The molecule has 0 bridgehead atoms. The van der Waals surface area contributed by atoms with Gasteiger partial charge in [-0.25, -0.2) is 8.42 Å². The highest BCUT2D eigenvalue weighted by atomic mass is 35.5. The summed E-state index contributed by atoms with van der Waals surface area (Å²) in [4.78, 5) is 12.2. The quantitative estimate of drug-likeness (QED) is 0.541. The third kappa shape index (κ3) is 4.95. The first-order chi connectivity index (χ1) is 14.2. The van der Waals surface area contributed by atoms with Gasteiger partial charge in [0.25, 0.3) is 15.9 Å². The van der Waals surface area contributed by atoms with Crippen molar-refractivity contribution in [2.75, 3.05) is 23.3 Å². The van der Waals surface area contributed by atoms with E-state index in [2.05, 4.69) is 5.32 Å². The van der Waals surface area contributed by atoms with E-state index in [0.29, 0.717) is 22.1 Å². The molecule has 0 unspecified atom stereocenters. The van der Waals surface area contributed by atoms with E-state index < -0.39 is 10.0 Å². The zero-order chi connectivity index (χ0) is 21.9. The Morgan fingerprint density at radius 1 is 1.17 bits per heavy atom. The number of hydrogen-bond donors (Lipinski definition) is 1. The summed E-state index contributed by atoms with van der Waals surface area (Å²) in [5.74, 6) is 0.105. The Morgan fingerprint density at radius 2 is 1.87 bits per heavy atom. The highest BCUT2D eigenvalue weighted by Crippen LogP contribution is 2.28. The summed E-state index contributed by atoms with van der Waals surface area (Å²) in [7, 11) is -2.11. The summed E-state index contributed by atoms with van der Waals surface area (Å²) in [6.45, 7) is 3.60. The predicted molar refractivity (Wildman–Crippen MR) is 121 cm³/mol. The van der Waals surface area contributed by atoms with E-state index >= 15 is 0 Å². The van der Waals surface area contributed by atoms with Gasteiger partial charge in [-0.05, 0) is 66.8 Å². The molecule has 158 valence electrons. The van der Waals surface area contributed by atoms with E-state index in [1.165, 1.54) is 11.4 Å². The van der Waals surface area contributed by atoms with Gasteiger partial charge in [0, 0.05) is 7.05 Å². The van der Waals surface area contributed by atoms with Crippen LogP contribution in [0, 0.1) is 13.8 Å². The molecule has 0 atom stereocenters. The number of nitrogens with one attached hydrogen (secondary N) is 1. The highest BCUT2D eigenvalue weighted by molar-refractivity contribution is 7.94. The number of thiophene rings is 1. The zero-order valence-electron chi connectivity index (χ0n) is 16.7. The highest BCUT2D eigenvalue weighted by Gasteiger charge is 2.22. The fourth-order valence-corrected chi connectivity index (χ4v) is 5.56. The van der Waals surface area contributed by atoms with Gasteiger partial charge in [0.05, 0.1) is 16.4 Å². The van der Waals surface area contributed by atoms with E-state index in [0.717, 1.165) is 22.5 Å². The van der Waals surface area contributed by atoms with Crippen LogP contribution in [0.2, 0.25) is 5.02 Å². The molecule has 2 aromatic carbocycles. The Labute approximate surface area is 185 Å². The van der Waals surface area contributed by atoms with Crippen LogP contribution >= 0.6 is 22.9 Å². The molecule has 1 N–H and O–H groups in total. The van der Waals surface area contributed by atoms with Crippen LogP contribution in [-0.2, 0) is 14.8 Å². The van der Waals surface area contributed by atoms with Gasteiger partial charge in [-0.15, -0.1) is 11.3 Å². The van der Waals surface area contributed by atoms with Gasteiger partial charge in [0.1, 0.15) is 9.96 Å². The number of hydrogen-bond acceptors (Lipinski definition) is 5. The van der Waals surface area contributed by atoms with Crippen molar-refractivity contribution in [3.8, 4) is 5.75 Å². The van der Waals surface area contributed by atoms with Gasteiger partial charge in [-0.2, -0.15) is 0 Å². The van der Waals surface area contributed by atoms with Crippen molar-refractivity contribution in [1.82, 2.24) is 0 Å². The number of sulfonamides is 1. The molecule has 0 aliphatic rings. The average Bonchev–Trinajstić information content (AvgIpc) is 3.25. The fourth-order valence-electron chi connectivity index (χ4n) is 2.83. The summed E-state index contributed by atoms with van der Waals surface area (Å²) in [5, 5.41) is 4.95. The molecule has 0 radical (unpaired) electrons. The van der Waals surface area contributed by atoms with Gasteiger partial charge in [0.2, 0.25) is 0 Å². The van der Waals surface area contributed by atoms with E-state index in [4.69, 9.17) is 16.3 Å². The molecule has 0 aliphatic carbocycles. The van der Waals surface area contributed by atoms with Crippen molar-refractivity contribution < 1.29 is 17.9 Å². The molecule has 0 spiro atoms. The number of anilines is 2. The lowest BCUT2D eigenvalue weighted by Gasteiger charge is -2.18. The van der Waals surface area contributed by atoms with Gasteiger partial charge < -0.3 is 10.1 Å². The number of nitrogens with zero attached hydrogens (tertiary/aromatic N) is 1. The second-order valence-electron chi connectivity index (χ2n) is 6.67. The van der Waals surface area contributed by atoms with Crippen LogP contribution in [0.15, 0.2) is 58.1 Å². The Hall–Kier alpha value is -2.55. The maximum atomic E-state index is 12.6. The molecular weight excluding hydrogens is 444 g/mol. The molecule has 0 aliphatic heterocycles. The fraction of sp³-hybridized carbons (Fsp3) is 0.190. The predicted octanol–water partition coefficient (Wildman–Crippen LogP) is 4.86. The lowest BCUT2D eigenvalue weighted by molar-refractivity contribution is -0.118. The van der Waals surface area contributed by atoms with Crippen LogP contribution in [0.4, 0.5) is 11.4 Å². The molecule has 30 heavy (non-hydrogen) atoms. The largest absolute Gasteiger partial charge is 0.484 e. The second-order valence-corrected chi connectivity index (χ2v) is 10.2. The number of benzene rings is 2. The van der Waals surface area contributed by atoms with E-state index in [1.807, 2.05) is 19.9 Å². The van der Waals surface area contributed by atoms with E-state index in [1.54, 1.807) is 47.8 Å². The summed E-state index contributed by atoms with van der Waals surface area (Å²) in [6.07, 6.45) is 0. The Balaban J connectivity index is 1.62. The molecule has 6 nitrogen and oxygen atoms in total. The molecule has 3 aromatic rings. The molecule has 0 fully saturated rings. The number of halogens is 1. The maximum absolute atomic E-state index is 12.6. The Kier molecular flexibility index (Phi) is 6.70. The SMILES string of the molecule is Cc1cc(C)c(NC(=O)COc2ccc(N(C)S(=O)(=O)c3cccs3)cc2)c(Cl)c1. The number of ether oxygens (including phenoxy) is 1. The van der Waals surface area contributed by atoms with Crippen molar-refractivity contribution >= 4 is 50.2 Å². The molecule has 1 heterocycles. The minimum atomic E-state index is -3.60. The third-order valence-electron chi connectivity index (χ3n) is 4.38. The van der Waals surface area contributed by atoms with E-state index in [9.17, 15) is 13.2 Å². The number of aryl methyl sites for hydroxylation is 2. The molecule has 3 rings (SSSR count). The first kappa shape index (κ1) is 22.1. The second kappa shape index (κ2) is 9.07. The van der Waals surface area contributed by atoms with Crippen molar-refractivity contribution in [2.24, 2.45) is 0 Å². The minimum Gasteiger partial charge on any atom is -0.484 e. The average molecular weight is 465 g/mol. The summed E-state index contributed by atoms with van der Waals surface area (Å²) in [5.41, 5.74) is 2.93. The molecule has 0 saturated carbocycles. The van der Waals surface area contributed by atoms with Crippen LogP contribution < -0.4 is 14.4 Å². The molecular formula is C21H21ClN2O4S2. The van der Waals surface area contributed by atoms with Gasteiger partial charge >= 0.3 is 0 Å². The topological polar surface area (TPSA) is 75.7 Å². The minimum absolute atomic E-state index is 0.202.